The number of rotatable bonds is 4. The van der Waals surface area contributed by atoms with Gasteiger partial charge < -0.3 is 10.1 Å². The molecule has 0 saturated heterocycles. The molecule has 5 rings (SSSR count). The Kier molecular flexibility index (Phi) is 7.33. The van der Waals surface area contributed by atoms with E-state index in [1.54, 1.807) is 17.5 Å². The standard InChI is InChI=1S/C17H15F3N2S.C10H13NO/c1-5-12-16(8(2)3)22-17(23-12)13(9(4)21-22)10-6-7-11(18)15(20)14(10)19;1-11-9-6-7-12-10-5-3-2-4-8(9)10/h5-8H,1H2,2-4H3;2-5,9,11H,6-7H2,1H3. The average Bonchev–Trinajstić information content (AvgIpc) is 3.37. The molecule has 1 atom stereocenters. The number of benzene rings is 2. The minimum absolute atomic E-state index is 0.0172. The maximum atomic E-state index is 14.2. The molecule has 0 aliphatic carbocycles. The Bertz CT molecular complexity index is 1380. The number of para-hydroxylation sites is 1. The first-order chi connectivity index (χ1) is 16.8. The highest BCUT2D eigenvalue weighted by molar-refractivity contribution is 7.19. The molecule has 1 unspecified atom stereocenters. The van der Waals surface area contributed by atoms with Crippen LogP contribution in [0.1, 0.15) is 54.1 Å². The van der Waals surface area contributed by atoms with Crippen LogP contribution in [0.4, 0.5) is 13.2 Å². The van der Waals surface area contributed by atoms with Gasteiger partial charge in [0.25, 0.3) is 0 Å². The van der Waals surface area contributed by atoms with E-state index in [4.69, 9.17) is 4.74 Å². The van der Waals surface area contributed by atoms with E-state index in [0.29, 0.717) is 22.1 Å². The van der Waals surface area contributed by atoms with Crippen LogP contribution in [0.3, 0.4) is 0 Å². The monoisotopic (exact) mass is 499 g/mol. The second-order valence-corrected chi connectivity index (χ2v) is 9.66. The zero-order valence-corrected chi connectivity index (χ0v) is 21.0. The Balaban J connectivity index is 0.000000201. The van der Waals surface area contributed by atoms with Crippen molar-refractivity contribution in [3.8, 4) is 16.9 Å². The first kappa shape index (κ1) is 25.0. The molecule has 1 N–H and O–H groups in total. The SMILES string of the molecule is C=Cc1sc2c(-c3ccc(F)c(F)c3F)c(C)nn2c1C(C)C.CNC1CCOc2ccccc21. The van der Waals surface area contributed by atoms with Gasteiger partial charge in [0.05, 0.1) is 22.9 Å². The lowest BCUT2D eigenvalue weighted by molar-refractivity contribution is 0.257. The van der Waals surface area contributed by atoms with Crippen LogP contribution in [0.15, 0.2) is 43.0 Å². The van der Waals surface area contributed by atoms with Gasteiger partial charge in [-0.25, -0.2) is 17.7 Å². The van der Waals surface area contributed by atoms with Crippen LogP contribution < -0.4 is 10.1 Å². The molecule has 0 bridgehead atoms. The Morgan fingerprint density at radius 1 is 1.17 bits per heavy atom. The van der Waals surface area contributed by atoms with E-state index in [-0.39, 0.29) is 11.5 Å². The topological polar surface area (TPSA) is 38.6 Å². The number of nitrogens with zero attached hydrogens (tertiary/aromatic N) is 2. The van der Waals surface area contributed by atoms with Gasteiger partial charge in [0.1, 0.15) is 10.6 Å². The molecule has 8 heteroatoms. The largest absolute Gasteiger partial charge is 0.493 e. The molecule has 4 aromatic rings. The molecule has 184 valence electrons. The number of aryl methyl sites for hydroxylation is 1. The van der Waals surface area contributed by atoms with Gasteiger partial charge in [-0.05, 0) is 38.1 Å². The summed E-state index contributed by atoms with van der Waals surface area (Å²) in [6.45, 7) is 10.4. The van der Waals surface area contributed by atoms with Crippen molar-refractivity contribution < 1.29 is 17.9 Å². The summed E-state index contributed by atoms with van der Waals surface area (Å²) in [5, 5.41) is 7.75. The quantitative estimate of drug-likeness (QED) is 0.300. The molecule has 1 aliphatic heterocycles. The molecule has 35 heavy (non-hydrogen) atoms. The van der Waals surface area contributed by atoms with Crippen LogP contribution in [0.2, 0.25) is 0 Å². The number of ether oxygens (including phenoxy) is 1. The number of halogens is 3. The third-order valence-electron chi connectivity index (χ3n) is 6.05. The number of nitrogens with one attached hydrogen (secondary N) is 1. The fraction of sp³-hybridized carbons (Fsp3) is 0.296. The summed E-state index contributed by atoms with van der Waals surface area (Å²) in [7, 11) is 1.99. The molecule has 0 fully saturated rings. The van der Waals surface area contributed by atoms with Crippen molar-refractivity contribution in [2.24, 2.45) is 0 Å². The van der Waals surface area contributed by atoms with Crippen molar-refractivity contribution in [3.05, 3.63) is 82.3 Å². The van der Waals surface area contributed by atoms with Crippen molar-refractivity contribution in [3.63, 3.8) is 0 Å². The van der Waals surface area contributed by atoms with Crippen LogP contribution in [0, 0.1) is 24.4 Å². The molecular weight excluding hydrogens is 471 g/mol. The van der Waals surface area contributed by atoms with Crippen LogP contribution in [0.25, 0.3) is 22.0 Å². The molecule has 2 aromatic carbocycles. The Labute approximate surface area is 207 Å². The fourth-order valence-electron chi connectivity index (χ4n) is 4.37. The summed E-state index contributed by atoms with van der Waals surface area (Å²) in [5.41, 5.74) is 3.33. The van der Waals surface area contributed by atoms with E-state index >= 15 is 0 Å². The maximum absolute atomic E-state index is 14.2. The third-order valence-corrected chi connectivity index (χ3v) is 7.22. The van der Waals surface area contributed by atoms with Gasteiger partial charge in [0.2, 0.25) is 0 Å². The predicted octanol–water partition coefficient (Wildman–Crippen LogP) is 7.28. The molecule has 1 aliphatic rings. The summed E-state index contributed by atoms with van der Waals surface area (Å²) in [4.78, 5) is 1.64. The number of hydrogen-bond acceptors (Lipinski definition) is 4. The lowest BCUT2D eigenvalue weighted by Gasteiger charge is -2.25. The lowest BCUT2D eigenvalue weighted by atomic mass is 10.0. The molecule has 3 heterocycles. The van der Waals surface area contributed by atoms with Crippen molar-refractivity contribution in [2.45, 2.75) is 39.2 Å². The fourth-order valence-corrected chi connectivity index (χ4v) is 5.67. The van der Waals surface area contributed by atoms with E-state index < -0.39 is 17.5 Å². The average molecular weight is 500 g/mol. The summed E-state index contributed by atoms with van der Waals surface area (Å²) in [5.74, 6) is -2.64. The molecule has 4 nitrogen and oxygen atoms in total. The van der Waals surface area contributed by atoms with Gasteiger partial charge >= 0.3 is 0 Å². The number of hydrogen-bond donors (Lipinski definition) is 1. The van der Waals surface area contributed by atoms with E-state index in [1.165, 1.54) is 23.0 Å². The zero-order chi connectivity index (χ0) is 25.3. The minimum atomic E-state index is -1.47. The van der Waals surface area contributed by atoms with E-state index in [9.17, 15) is 13.2 Å². The second-order valence-electron chi connectivity index (χ2n) is 8.63. The number of thiazole rings is 1. The summed E-state index contributed by atoms with van der Waals surface area (Å²) < 4.78 is 48.3. The Morgan fingerprint density at radius 2 is 1.91 bits per heavy atom. The van der Waals surface area contributed by atoms with Crippen molar-refractivity contribution in [1.82, 2.24) is 14.9 Å². The van der Waals surface area contributed by atoms with Gasteiger partial charge in [-0.2, -0.15) is 5.10 Å². The van der Waals surface area contributed by atoms with E-state index in [2.05, 4.69) is 29.1 Å². The van der Waals surface area contributed by atoms with Crippen LogP contribution in [0.5, 0.6) is 5.75 Å². The Morgan fingerprint density at radius 3 is 2.60 bits per heavy atom. The van der Waals surface area contributed by atoms with Crippen molar-refractivity contribution in [2.75, 3.05) is 13.7 Å². The highest BCUT2D eigenvalue weighted by atomic mass is 32.1. The first-order valence-corrected chi connectivity index (χ1v) is 12.3. The van der Waals surface area contributed by atoms with Gasteiger partial charge in [0, 0.05) is 29.2 Å². The molecular formula is C27H28F3N3OS. The lowest BCUT2D eigenvalue weighted by Crippen LogP contribution is -2.23. The molecule has 2 aromatic heterocycles. The van der Waals surface area contributed by atoms with E-state index in [0.717, 1.165) is 35.4 Å². The highest BCUT2D eigenvalue weighted by Crippen LogP contribution is 2.39. The number of aromatic nitrogens is 2. The summed E-state index contributed by atoms with van der Waals surface area (Å²) >= 11 is 1.41. The maximum Gasteiger partial charge on any atom is 0.195 e. The molecule has 0 spiro atoms. The molecule has 0 saturated carbocycles. The smallest absolute Gasteiger partial charge is 0.195 e. The first-order valence-electron chi connectivity index (χ1n) is 11.5. The van der Waals surface area contributed by atoms with Gasteiger partial charge in [-0.1, -0.05) is 44.7 Å². The predicted molar refractivity (Wildman–Crippen MR) is 136 cm³/mol. The minimum Gasteiger partial charge on any atom is -0.493 e. The summed E-state index contributed by atoms with van der Waals surface area (Å²) in [6, 6.07) is 10.9. The van der Waals surface area contributed by atoms with Gasteiger partial charge in [-0.15, -0.1) is 11.3 Å². The summed E-state index contributed by atoms with van der Waals surface area (Å²) in [6.07, 6.45) is 2.79. The Hall–Kier alpha value is -3.10. The van der Waals surface area contributed by atoms with E-state index in [1.807, 2.05) is 33.0 Å². The molecule has 0 amide bonds. The highest BCUT2D eigenvalue weighted by Gasteiger charge is 2.24. The normalized spacial score (nSPS) is 14.9. The molecule has 0 radical (unpaired) electrons. The van der Waals surface area contributed by atoms with Gasteiger partial charge in [-0.3, -0.25) is 0 Å². The van der Waals surface area contributed by atoms with Crippen molar-refractivity contribution >= 4 is 22.2 Å². The third kappa shape index (κ3) is 4.60. The van der Waals surface area contributed by atoms with Crippen molar-refractivity contribution in [1.29, 1.82) is 0 Å². The van der Waals surface area contributed by atoms with Crippen LogP contribution in [-0.2, 0) is 0 Å². The van der Waals surface area contributed by atoms with Crippen LogP contribution in [-0.4, -0.2) is 23.3 Å². The zero-order valence-electron chi connectivity index (χ0n) is 20.2. The van der Waals surface area contributed by atoms with Crippen LogP contribution >= 0.6 is 11.3 Å². The number of fused-ring (bicyclic) bond motifs is 2. The van der Waals surface area contributed by atoms with Gasteiger partial charge in [0.15, 0.2) is 17.5 Å². The second kappa shape index (κ2) is 10.3.